The molecule has 0 aromatic heterocycles. The van der Waals surface area contributed by atoms with Crippen LogP contribution in [0.5, 0.6) is 0 Å². The van der Waals surface area contributed by atoms with Gasteiger partial charge in [-0.1, -0.05) is 36.5 Å². The number of amides is 1. The summed E-state index contributed by atoms with van der Waals surface area (Å²) in [6.07, 6.45) is 0.365. The molecule has 1 aliphatic heterocycles. The molecular formula is C14H20N4OS. The molecule has 1 aromatic rings. The van der Waals surface area contributed by atoms with Crippen molar-refractivity contribution in [2.45, 2.75) is 6.42 Å². The molecule has 5 nitrogen and oxygen atoms in total. The third-order valence-electron chi connectivity index (χ3n) is 3.39. The van der Waals surface area contributed by atoms with Crippen LogP contribution < -0.4 is 11.2 Å². The highest BCUT2D eigenvalue weighted by Crippen LogP contribution is 2.05. The second kappa shape index (κ2) is 6.78. The lowest BCUT2D eigenvalue weighted by molar-refractivity contribution is -0.126. The fraction of sp³-hybridized carbons (Fsp3) is 0.429. The first-order valence-electron chi connectivity index (χ1n) is 6.66. The van der Waals surface area contributed by atoms with Gasteiger partial charge in [-0.05, 0) is 12.6 Å². The van der Waals surface area contributed by atoms with Gasteiger partial charge in [0.2, 0.25) is 5.91 Å². The van der Waals surface area contributed by atoms with Crippen molar-refractivity contribution in [1.82, 2.24) is 15.3 Å². The Hall–Kier alpha value is -1.50. The molecule has 0 aliphatic carbocycles. The van der Waals surface area contributed by atoms with Crippen molar-refractivity contribution in [2.24, 2.45) is 5.73 Å². The van der Waals surface area contributed by atoms with E-state index in [1.54, 1.807) is 0 Å². The van der Waals surface area contributed by atoms with Gasteiger partial charge < -0.3 is 10.6 Å². The van der Waals surface area contributed by atoms with Crippen LogP contribution in [0.15, 0.2) is 24.3 Å². The smallest absolute Gasteiger partial charge is 0.238 e. The number of thiocarbonyl (C=S) groups is 1. The Balaban J connectivity index is 1.83. The van der Waals surface area contributed by atoms with Gasteiger partial charge in [0.25, 0.3) is 0 Å². The van der Waals surface area contributed by atoms with E-state index in [2.05, 4.69) is 17.4 Å². The van der Waals surface area contributed by atoms with E-state index >= 15 is 0 Å². The van der Waals surface area contributed by atoms with E-state index in [4.69, 9.17) is 18.0 Å². The molecule has 0 unspecified atom stereocenters. The van der Waals surface area contributed by atoms with Crippen LogP contribution in [0.4, 0.5) is 0 Å². The quantitative estimate of drug-likeness (QED) is 0.773. The molecule has 108 valence electrons. The van der Waals surface area contributed by atoms with Gasteiger partial charge in [-0.2, -0.15) is 0 Å². The number of nitrogens with two attached hydrogens (primary N) is 1. The minimum absolute atomic E-state index is 0.0117. The Labute approximate surface area is 124 Å². The lowest BCUT2D eigenvalue weighted by Gasteiger charge is -2.32. The first-order valence-corrected chi connectivity index (χ1v) is 7.07. The van der Waals surface area contributed by atoms with Gasteiger partial charge in [0.1, 0.15) is 4.99 Å². The molecule has 1 fully saturated rings. The second-order valence-corrected chi connectivity index (χ2v) is 5.50. The van der Waals surface area contributed by atoms with Crippen LogP contribution >= 0.6 is 12.2 Å². The van der Waals surface area contributed by atoms with Gasteiger partial charge in [-0.15, -0.1) is 0 Å². The molecule has 1 saturated heterocycles. The van der Waals surface area contributed by atoms with E-state index in [9.17, 15) is 4.79 Å². The zero-order chi connectivity index (χ0) is 14.5. The van der Waals surface area contributed by atoms with Crippen molar-refractivity contribution in [3.8, 4) is 0 Å². The number of piperazine rings is 1. The molecule has 0 bridgehead atoms. The van der Waals surface area contributed by atoms with Crippen LogP contribution in [0.25, 0.3) is 0 Å². The van der Waals surface area contributed by atoms with Crippen LogP contribution in [0.1, 0.15) is 11.1 Å². The summed E-state index contributed by atoms with van der Waals surface area (Å²) in [4.78, 5) is 14.6. The normalized spacial score (nSPS) is 16.9. The molecule has 1 aromatic carbocycles. The third-order valence-corrected chi connectivity index (χ3v) is 3.62. The zero-order valence-corrected chi connectivity index (χ0v) is 12.4. The van der Waals surface area contributed by atoms with Crippen LogP contribution in [-0.2, 0) is 11.2 Å². The zero-order valence-electron chi connectivity index (χ0n) is 11.6. The van der Waals surface area contributed by atoms with Crippen molar-refractivity contribution < 1.29 is 4.79 Å². The van der Waals surface area contributed by atoms with E-state index in [1.165, 1.54) is 0 Å². The Kier molecular flexibility index (Phi) is 5.05. The van der Waals surface area contributed by atoms with Gasteiger partial charge in [0, 0.05) is 31.7 Å². The molecule has 0 spiro atoms. The summed E-state index contributed by atoms with van der Waals surface area (Å²) in [5.41, 5.74) is 10.3. The number of nitrogens with one attached hydrogen (secondary N) is 1. The maximum absolute atomic E-state index is 12.0. The lowest BCUT2D eigenvalue weighted by Crippen LogP contribution is -2.52. The Morgan fingerprint density at radius 2 is 1.85 bits per heavy atom. The van der Waals surface area contributed by atoms with Gasteiger partial charge in [-0.25, -0.2) is 5.01 Å². The third kappa shape index (κ3) is 4.26. The maximum Gasteiger partial charge on any atom is 0.238 e. The monoisotopic (exact) mass is 292 g/mol. The number of benzene rings is 1. The van der Waals surface area contributed by atoms with Crippen molar-refractivity contribution in [2.75, 3.05) is 33.2 Å². The van der Waals surface area contributed by atoms with Gasteiger partial charge >= 0.3 is 0 Å². The molecular weight excluding hydrogens is 272 g/mol. The predicted molar refractivity (Wildman–Crippen MR) is 83.2 cm³/mol. The molecule has 1 aliphatic rings. The Morgan fingerprint density at radius 3 is 2.40 bits per heavy atom. The highest BCUT2D eigenvalue weighted by molar-refractivity contribution is 7.80. The molecule has 0 atom stereocenters. The summed E-state index contributed by atoms with van der Waals surface area (Å²) in [5.74, 6) is 0.0117. The fourth-order valence-corrected chi connectivity index (χ4v) is 2.24. The van der Waals surface area contributed by atoms with Gasteiger partial charge in [-0.3, -0.25) is 10.2 Å². The van der Waals surface area contributed by atoms with Crippen molar-refractivity contribution in [3.63, 3.8) is 0 Å². The topological polar surface area (TPSA) is 61.6 Å². The Morgan fingerprint density at radius 1 is 1.25 bits per heavy atom. The van der Waals surface area contributed by atoms with Crippen LogP contribution in [-0.4, -0.2) is 54.0 Å². The fourth-order valence-electron chi connectivity index (χ4n) is 2.11. The molecule has 0 radical (unpaired) electrons. The average Bonchev–Trinajstić information content (AvgIpc) is 2.42. The molecule has 0 saturated carbocycles. The van der Waals surface area contributed by atoms with Crippen molar-refractivity contribution in [1.29, 1.82) is 0 Å². The van der Waals surface area contributed by atoms with Crippen LogP contribution in [0.3, 0.4) is 0 Å². The summed E-state index contributed by atoms with van der Waals surface area (Å²) in [7, 11) is 2.09. The summed E-state index contributed by atoms with van der Waals surface area (Å²) < 4.78 is 0. The standard InChI is InChI=1S/C14H20N4OS/c1-17-6-8-18(9-7-17)16-13(19)10-11-2-4-12(5-3-11)14(15)20/h2-5H,6-10H2,1H3,(H2,15,20)(H,16,19). The number of carbonyl (C=O) groups is 1. The number of hydrogen-bond acceptors (Lipinski definition) is 4. The summed E-state index contributed by atoms with van der Waals surface area (Å²) in [5, 5.41) is 1.98. The molecule has 1 amide bonds. The van der Waals surface area contributed by atoms with Crippen LogP contribution in [0, 0.1) is 0 Å². The van der Waals surface area contributed by atoms with E-state index in [1.807, 2.05) is 29.3 Å². The number of hydrogen-bond donors (Lipinski definition) is 2. The van der Waals surface area contributed by atoms with Gasteiger partial charge in [0.15, 0.2) is 0 Å². The number of hydrazine groups is 1. The first-order chi connectivity index (χ1) is 9.54. The van der Waals surface area contributed by atoms with E-state index in [0.717, 1.165) is 37.3 Å². The van der Waals surface area contributed by atoms with E-state index in [-0.39, 0.29) is 5.91 Å². The SMILES string of the molecule is CN1CCN(NC(=O)Cc2ccc(C(N)=S)cc2)CC1. The second-order valence-electron chi connectivity index (χ2n) is 5.06. The van der Waals surface area contributed by atoms with Crippen LogP contribution in [0.2, 0.25) is 0 Å². The predicted octanol–water partition coefficient (Wildman–Crippen LogP) is 0.142. The minimum atomic E-state index is 0.0117. The first kappa shape index (κ1) is 14.9. The number of nitrogens with zero attached hydrogens (tertiary/aromatic N) is 2. The van der Waals surface area contributed by atoms with E-state index < -0.39 is 0 Å². The Bertz CT molecular complexity index is 480. The summed E-state index contributed by atoms with van der Waals surface area (Å²) in [6, 6.07) is 7.47. The highest BCUT2D eigenvalue weighted by atomic mass is 32.1. The minimum Gasteiger partial charge on any atom is -0.389 e. The maximum atomic E-state index is 12.0. The largest absolute Gasteiger partial charge is 0.389 e. The highest BCUT2D eigenvalue weighted by Gasteiger charge is 2.15. The van der Waals surface area contributed by atoms with Gasteiger partial charge in [0.05, 0.1) is 6.42 Å². The van der Waals surface area contributed by atoms with Crippen molar-refractivity contribution >= 4 is 23.1 Å². The van der Waals surface area contributed by atoms with Crippen molar-refractivity contribution in [3.05, 3.63) is 35.4 Å². The summed E-state index contributed by atoms with van der Waals surface area (Å²) in [6.45, 7) is 3.68. The number of carbonyl (C=O) groups excluding carboxylic acids is 1. The molecule has 20 heavy (non-hydrogen) atoms. The summed E-state index contributed by atoms with van der Waals surface area (Å²) >= 11 is 4.90. The van der Waals surface area contributed by atoms with E-state index in [0.29, 0.717) is 11.4 Å². The molecule has 6 heteroatoms. The molecule has 1 heterocycles. The number of rotatable bonds is 4. The molecule has 3 N–H and O–H groups in total. The number of likely N-dealkylation sites (N-methyl/N-ethyl adjacent to an activating group) is 1. The lowest BCUT2D eigenvalue weighted by atomic mass is 10.1. The molecule has 2 rings (SSSR count). The average molecular weight is 292 g/mol.